The monoisotopic (exact) mass is 262 g/mol. The molecule has 0 aromatic carbocycles. The summed E-state index contributed by atoms with van der Waals surface area (Å²) in [6, 6.07) is 2.00. The van der Waals surface area contributed by atoms with Gasteiger partial charge < -0.3 is 10.6 Å². The summed E-state index contributed by atoms with van der Waals surface area (Å²) in [6.07, 6.45) is 5.49. The van der Waals surface area contributed by atoms with Crippen molar-refractivity contribution < 1.29 is 0 Å². The molecule has 1 fully saturated rings. The average molecular weight is 262 g/mol. The molecule has 1 aliphatic rings. The highest BCUT2D eigenvalue weighted by Crippen LogP contribution is 2.29. The molecule has 4 nitrogen and oxygen atoms in total. The van der Waals surface area contributed by atoms with Crippen LogP contribution in [0.1, 0.15) is 45.4 Å². The van der Waals surface area contributed by atoms with Gasteiger partial charge in [0.2, 0.25) is 0 Å². The molecule has 0 aliphatic heterocycles. The Morgan fingerprint density at radius 2 is 1.84 bits per heavy atom. The molecule has 0 amide bonds. The van der Waals surface area contributed by atoms with E-state index in [2.05, 4.69) is 34.4 Å². The highest BCUT2D eigenvalue weighted by atomic mass is 15.1. The molecule has 1 aromatic heterocycles. The van der Waals surface area contributed by atoms with E-state index in [1.807, 2.05) is 13.0 Å². The molecular formula is C15H26N4. The van der Waals surface area contributed by atoms with Crippen molar-refractivity contribution in [3.05, 3.63) is 11.9 Å². The van der Waals surface area contributed by atoms with Gasteiger partial charge in [0.05, 0.1) is 0 Å². The van der Waals surface area contributed by atoms with E-state index >= 15 is 0 Å². The van der Waals surface area contributed by atoms with Gasteiger partial charge in [0.1, 0.15) is 17.5 Å². The number of nitrogens with one attached hydrogen (secondary N) is 2. The smallest absolute Gasteiger partial charge is 0.131 e. The summed E-state index contributed by atoms with van der Waals surface area (Å²) in [6.45, 7) is 8.31. The molecule has 0 spiro atoms. The van der Waals surface area contributed by atoms with Crippen LogP contribution in [0.2, 0.25) is 0 Å². The third-order valence-corrected chi connectivity index (χ3v) is 4.03. The Hall–Kier alpha value is -1.32. The van der Waals surface area contributed by atoms with Crippen LogP contribution < -0.4 is 10.6 Å². The van der Waals surface area contributed by atoms with Gasteiger partial charge in [-0.1, -0.05) is 26.2 Å². The zero-order valence-corrected chi connectivity index (χ0v) is 12.4. The lowest BCUT2D eigenvalue weighted by molar-refractivity contribution is 0.268. The van der Waals surface area contributed by atoms with Gasteiger partial charge in [-0.25, -0.2) is 9.97 Å². The molecule has 2 rings (SSSR count). The molecule has 4 heteroatoms. The summed E-state index contributed by atoms with van der Waals surface area (Å²) in [5.41, 5.74) is 0. The zero-order valence-electron chi connectivity index (χ0n) is 12.4. The van der Waals surface area contributed by atoms with Crippen molar-refractivity contribution in [3.63, 3.8) is 0 Å². The number of hydrogen-bond acceptors (Lipinski definition) is 4. The maximum absolute atomic E-state index is 4.46. The number of anilines is 2. The van der Waals surface area contributed by atoms with Crippen LogP contribution in [-0.2, 0) is 0 Å². The van der Waals surface area contributed by atoms with Crippen molar-refractivity contribution in [2.45, 2.75) is 46.5 Å². The highest BCUT2D eigenvalue weighted by Gasteiger charge is 2.20. The Bertz CT molecular complexity index is 405. The Balaban J connectivity index is 1.94. The van der Waals surface area contributed by atoms with Gasteiger partial charge in [0, 0.05) is 19.2 Å². The van der Waals surface area contributed by atoms with E-state index in [4.69, 9.17) is 0 Å². The SMILES string of the molecule is CCNc1cc(NCC2CCCCC2C)nc(C)n1. The minimum atomic E-state index is 0.784. The molecule has 2 N–H and O–H groups in total. The van der Waals surface area contributed by atoms with Crippen LogP contribution >= 0.6 is 0 Å². The fourth-order valence-electron chi connectivity index (χ4n) is 2.86. The van der Waals surface area contributed by atoms with E-state index in [1.165, 1.54) is 25.7 Å². The van der Waals surface area contributed by atoms with Crippen LogP contribution in [0.4, 0.5) is 11.6 Å². The van der Waals surface area contributed by atoms with Crippen LogP contribution in [0.3, 0.4) is 0 Å². The third kappa shape index (κ3) is 4.08. The number of rotatable bonds is 5. The second-order valence-corrected chi connectivity index (χ2v) is 5.62. The number of hydrogen-bond donors (Lipinski definition) is 2. The van der Waals surface area contributed by atoms with Gasteiger partial charge in [-0.3, -0.25) is 0 Å². The summed E-state index contributed by atoms with van der Waals surface area (Å²) in [5, 5.41) is 6.74. The second kappa shape index (κ2) is 6.73. The predicted octanol–water partition coefficient (Wildman–Crippen LogP) is 3.46. The Kier molecular flexibility index (Phi) is 5.00. The van der Waals surface area contributed by atoms with Gasteiger partial charge in [-0.2, -0.15) is 0 Å². The minimum absolute atomic E-state index is 0.784. The van der Waals surface area contributed by atoms with Crippen molar-refractivity contribution in [2.75, 3.05) is 23.7 Å². The van der Waals surface area contributed by atoms with Crippen LogP contribution in [0.5, 0.6) is 0 Å². The third-order valence-electron chi connectivity index (χ3n) is 4.03. The Morgan fingerprint density at radius 1 is 1.16 bits per heavy atom. The molecule has 0 saturated heterocycles. The molecular weight excluding hydrogens is 236 g/mol. The fourth-order valence-corrected chi connectivity index (χ4v) is 2.86. The standard InChI is InChI=1S/C15H26N4/c1-4-16-14-9-15(19-12(3)18-14)17-10-13-8-6-5-7-11(13)2/h9,11,13H,4-8,10H2,1-3H3,(H2,16,17,18,19). The zero-order chi connectivity index (χ0) is 13.7. The van der Waals surface area contributed by atoms with E-state index < -0.39 is 0 Å². The summed E-state index contributed by atoms with van der Waals surface area (Å²) < 4.78 is 0. The minimum Gasteiger partial charge on any atom is -0.370 e. The van der Waals surface area contributed by atoms with E-state index in [9.17, 15) is 0 Å². The molecule has 19 heavy (non-hydrogen) atoms. The van der Waals surface area contributed by atoms with Crippen LogP contribution in [0, 0.1) is 18.8 Å². The van der Waals surface area contributed by atoms with E-state index in [0.717, 1.165) is 42.4 Å². The number of aryl methyl sites for hydroxylation is 1. The summed E-state index contributed by atoms with van der Waals surface area (Å²) in [5.74, 6) is 4.29. The van der Waals surface area contributed by atoms with Crippen molar-refractivity contribution in [1.82, 2.24) is 9.97 Å². The predicted molar refractivity (Wildman–Crippen MR) is 80.5 cm³/mol. The summed E-state index contributed by atoms with van der Waals surface area (Å²) in [7, 11) is 0. The number of nitrogens with zero attached hydrogens (tertiary/aromatic N) is 2. The van der Waals surface area contributed by atoms with Crippen LogP contribution in [0.25, 0.3) is 0 Å². The quantitative estimate of drug-likeness (QED) is 0.853. The lowest BCUT2D eigenvalue weighted by Crippen LogP contribution is -2.24. The lowest BCUT2D eigenvalue weighted by Gasteiger charge is -2.29. The van der Waals surface area contributed by atoms with E-state index in [0.29, 0.717) is 0 Å². The van der Waals surface area contributed by atoms with Crippen molar-refractivity contribution >= 4 is 11.6 Å². The number of aromatic nitrogens is 2. The maximum atomic E-state index is 4.46. The first-order valence-corrected chi connectivity index (χ1v) is 7.52. The van der Waals surface area contributed by atoms with Gasteiger partial charge in [0.15, 0.2) is 0 Å². The van der Waals surface area contributed by atoms with Gasteiger partial charge in [-0.15, -0.1) is 0 Å². The molecule has 1 aliphatic carbocycles. The molecule has 2 atom stereocenters. The van der Waals surface area contributed by atoms with Crippen LogP contribution in [-0.4, -0.2) is 23.1 Å². The van der Waals surface area contributed by atoms with Crippen molar-refractivity contribution in [2.24, 2.45) is 11.8 Å². The van der Waals surface area contributed by atoms with E-state index in [1.54, 1.807) is 0 Å². The van der Waals surface area contributed by atoms with Crippen molar-refractivity contribution in [3.8, 4) is 0 Å². The average Bonchev–Trinajstić information content (AvgIpc) is 2.37. The molecule has 0 bridgehead atoms. The highest BCUT2D eigenvalue weighted by molar-refractivity contribution is 5.47. The normalized spacial score (nSPS) is 23.1. The van der Waals surface area contributed by atoms with Gasteiger partial charge in [0.25, 0.3) is 0 Å². The molecule has 1 heterocycles. The first-order valence-electron chi connectivity index (χ1n) is 7.52. The molecule has 2 unspecified atom stereocenters. The molecule has 1 saturated carbocycles. The maximum Gasteiger partial charge on any atom is 0.131 e. The Labute approximate surface area is 116 Å². The second-order valence-electron chi connectivity index (χ2n) is 5.62. The van der Waals surface area contributed by atoms with Crippen LogP contribution in [0.15, 0.2) is 6.07 Å². The molecule has 106 valence electrons. The van der Waals surface area contributed by atoms with Crippen molar-refractivity contribution in [1.29, 1.82) is 0 Å². The topological polar surface area (TPSA) is 49.8 Å². The van der Waals surface area contributed by atoms with E-state index in [-0.39, 0.29) is 0 Å². The first kappa shape index (κ1) is 14.1. The van der Waals surface area contributed by atoms with Gasteiger partial charge >= 0.3 is 0 Å². The largest absolute Gasteiger partial charge is 0.370 e. The lowest BCUT2D eigenvalue weighted by atomic mass is 9.80. The molecule has 1 aromatic rings. The Morgan fingerprint density at radius 3 is 2.53 bits per heavy atom. The summed E-state index contributed by atoms with van der Waals surface area (Å²) in [4.78, 5) is 8.83. The summed E-state index contributed by atoms with van der Waals surface area (Å²) >= 11 is 0. The molecule has 0 radical (unpaired) electrons. The first-order chi connectivity index (χ1) is 9.19. The fraction of sp³-hybridized carbons (Fsp3) is 0.733. The van der Waals surface area contributed by atoms with Gasteiger partial charge in [-0.05, 0) is 32.1 Å².